The van der Waals surface area contributed by atoms with Gasteiger partial charge in [-0.3, -0.25) is 4.79 Å². The summed E-state index contributed by atoms with van der Waals surface area (Å²) in [6, 6.07) is 6.70. The number of guanidine groups is 1. The Bertz CT molecular complexity index is 644. The van der Waals surface area contributed by atoms with Crippen LogP contribution in [0.15, 0.2) is 29.3 Å². The highest BCUT2D eigenvalue weighted by Gasteiger charge is 2.30. The predicted molar refractivity (Wildman–Crippen MR) is 114 cm³/mol. The van der Waals surface area contributed by atoms with Crippen molar-refractivity contribution >= 4 is 35.8 Å². The van der Waals surface area contributed by atoms with Crippen molar-refractivity contribution in [2.45, 2.75) is 32.4 Å². The molecule has 1 aromatic rings. The minimum Gasteiger partial charge on any atom is -0.368 e. The Morgan fingerprint density at radius 1 is 1.26 bits per heavy atom. The van der Waals surface area contributed by atoms with Crippen LogP contribution in [0.1, 0.15) is 25.3 Å². The third-order valence-corrected chi connectivity index (χ3v) is 4.79. The van der Waals surface area contributed by atoms with Gasteiger partial charge in [-0.25, -0.2) is 9.38 Å². The van der Waals surface area contributed by atoms with Crippen molar-refractivity contribution in [3.8, 4) is 0 Å². The van der Waals surface area contributed by atoms with Crippen molar-refractivity contribution in [1.82, 2.24) is 15.1 Å². The molecule has 6 nitrogen and oxygen atoms in total. The first-order chi connectivity index (χ1) is 12.7. The van der Waals surface area contributed by atoms with Crippen molar-refractivity contribution in [2.24, 2.45) is 4.99 Å². The molecule has 0 aromatic heterocycles. The minimum atomic E-state index is -0.260. The van der Waals surface area contributed by atoms with Gasteiger partial charge in [0.2, 0.25) is 0 Å². The van der Waals surface area contributed by atoms with Crippen molar-refractivity contribution < 1.29 is 13.9 Å². The number of benzene rings is 1. The van der Waals surface area contributed by atoms with E-state index in [-0.39, 0.29) is 41.8 Å². The van der Waals surface area contributed by atoms with E-state index in [0.717, 1.165) is 25.3 Å². The lowest BCUT2D eigenvalue weighted by Crippen LogP contribution is -2.55. The third kappa shape index (κ3) is 5.78. The van der Waals surface area contributed by atoms with E-state index in [1.54, 1.807) is 12.1 Å². The number of amides is 1. The quantitative estimate of drug-likeness (QED) is 0.400. The summed E-state index contributed by atoms with van der Waals surface area (Å²) in [6.45, 7) is 6.46. The van der Waals surface area contributed by atoms with Crippen molar-refractivity contribution in [3.63, 3.8) is 0 Å². The zero-order valence-corrected chi connectivity index (χ0v) is 18.0. The highest BCUT2D eigenvalue weighted by Crippen LogP contribution is 2.16. The van der Waals surface area contributed by atoms with Gasteiger partial charge in [0.05, 0.1) is 6.54 Å². The number of carbonyl (C=O) groups excluding carboxylic acids is 1. The number of nitrogens with one attached hydrogen (secondary N) is 1. The maximum atomic E-state index is 13.8. The predicted octanol–water partition coefficient (Wildman–Crippen LogP) is 2.23. The van der Waals surface area contributed by atoms with Gasteiger partial charge in [-0.1, -0.05) is 18.2 Å². The first-order valence-corrected chi connectivity index (χ1v) is 9.36. The van der Waals surface area contributed by atoms with Gasteiger partial charge in [-0.05, 0) is 25.8 Å². The van der Waals surface area contributed by atoms with E-state index in [2.05, 4.69) is 15.2 Å². The van der Waals surface area contributed by atoms with Crippen LogP contribution in [0.4, 0.5) is 4.39 Å². The van der Waals surface area contributed by atoms with E-state index in [4.69, 9.17) is 4.74 Å². The summed E-state index contributed by atoms with van der Waals surface area (Å²) in [5.41, 5.74) is 0.579. The van der Waals surface area contributed by atoms with E-state index in [9.17, 15) is 9.18 Å². The van der Waals surface area contributed by atoms with Gasteiger partial charge in [0.1, 0.15) is 11.9 Å². The van der Waals surface area contributed by atoms with E-state index < -0.39 is 0 Å². The average Bonchev–Trinajstić information content (AvgIpc) is 3.21. The molecule has 1 amide bonds. The summed E-state index contributed by atoms with van der Waals surface area (Å²) in [5.74, 6) is 0.634. The lowest BCUT2D eigenvalue weighted by molar-refractivity contribution is -0.142. The molecule has 8 heteroatoms. The highest BCUT2D eigenvalue weighted by molar-refractivity contribution is 14.0. The zero-order valence-electron chi connectivity index (χ0n) is 15.7. The molecule has 0 radical (unpaired) electrons. The second-order valence-corrected chi connectivity index (χ2v) is 6.58. The molecule has 2 saturated heterocycles. The largest absolute Gasteiger partial charge is 0.368 e. The van der Waals surface area contributed by atoms with Crippen LogP contribution < -0.4 is 5.32 Å². The number of hydrogen-bond donors (Lipinski definition) is 1. The summed E-state index contributed by atoms with van der Waals surface area (Å²) in [7, 11) is 0. The van der Waals surface area contributed by atoms with E-state index >= 15 is 0 Å². The summed E-state index contributed by atoms with van der Waals surface area (Å²) in [5, 5.41) is 3.27. The number of hydrogen-bond acceptors (Lipinski definition) is 3. The van der Waals surface area contributed by atoms with E-state index in [1.807, 2.05) is 17.9 Å². The van der Waals surface area contributed by atoms with Gasteiger partial charge in [0.25, 0.3) is 5.91 Å². The van der Waals surface area contributed by atoms with Crippen molar-refractivity contribution in [2.75, 3.05) is 39.3 Å². The van der Waals surface area contributed by atoms with Crippen LogP contribution in [0, 0.1) is 5.82 Å². The number of halogens is 2. The Hall–Kier alpha value is -1.42. The maximum Gasteiger partial charge on any atom is 0.251 e. The molecule has 2 fully saturated rings. The Morgan fingerprint density at radius 2 is 1.96 bits per heavy atom. The monoisotopic (exact) mass is 490 g/mol. The number of ether oxygens (including phenoxy) is 1. The fourth-order valence-electron chi connectivity index (χ4n) is 3.33. The number of piperazine rings is 1. The van der Waals surface area contributed by atoms with Crippen LogP contribution in [0.2, 0.25) is 0 Å². The molecule has 2 aliphatic heterocycles. The molecule has 2 heterocycles. The fraction of sp³-hybridized carbons (Fsp3) is 0.579. The second kappa shape index (κ2) is 10.8. The molecular weight excluding hydrogens is 462 g/mol. The Morgan fingerprint density at radius 3 is 2.59 bits per heavy atom. The summed E-state index contributed by atoms with van der Waals surface area (Å²) >= 11 is 0. The van der Waals surface area contributed by atoms with Crippen LogP contribution in [0.5, 0.6) is 0 Å². The molecular formula is C19H28FIN4O2. The highest BCUT2D eigenvalue weighted by atomic mass is 127. The summed E-state index contributed by atoms with van der Waals surface area (Å²) in [4.78, 5) is 21.0. The molecule has 150 valence electrons. The van der Waals surface area contributed by atoms with E-state index in [1.165, 1.54) is 6.07 Å². The second-order valence-electron chi connectivity index (χ2n) is 6.58. The number of carbonyl (C=O) groups is 1. The molecule has 0 saturated carbocycles. The average molecular weight is 490 g/mol. The van der Waals surface area contributed by atoms with Gasteiger partial charge < -0.3 is 19.9 Å². The van der Waals surface area contributed by atoms with Gasteiger partial charge in [-0.15, -0.1) is 24.0 Å². The van der Waals surface area contributed by atoms with Crippen molar-refractivity contribution in [1.29, 1.82) is 0 Å². The van der Waals surface area contributed by atoms with Crippen LogP contribution in [-0.4, -0.2) is 67.1 Å². The lowest BCUT2D eigenvalue weighted by Gasteiger charge is -2.37. The van der Waals surface area contributed by atoms with Gasteiger partial charge >= 0.3 is 0 Å². The molecule has 0 aliphatic carbocycles. The fourth-order valence-corrected chi connectivity index (χ4v) is 3.33. The molecule has 1 N–H and O–H groups in total. The standard InChI is InChI=1S/C19H27FN4O2.HI/c1-2-21-19(22-14-15-6-3-4-7-16(15)20)24-11-9-23(10-12-24)18(25)17-8-5-13-26-17;/h3-4,6-7,17H,2,5,8-14H2,1H3,(H,21,22);1H. The molecule has 27 heavy (non-hydrogen) atoms. The van der Waals surface area contributed by atoms with E-state index in [0.29, 0.717) is 44.9 Å². The SMILES string of the molecule is CCNC(=NCc1ccccc1F)N1CCN(C(=O)C2CCCO2)CC1.I. The van der Waals surface area contributed by atoms with Crippen molar-refractivity contribution in [3.05, 3.63) is 35.6 Å². The molecule has 1 unspecified atom stereocenters. The smallest absolute Gasteiger partial charge is 0.251 e. The van der Waals surface area contributed by atoms with Crippen LogP contribution in [0.25, 0.3) is 0 Å². The zero-order chi connectivity index (χ0) is 18.4. The normalized spacial score (nSPS) is 20.4. The third-order valence-electron chi connectivity index (χ3n) is 4.79. The molecule has 3 rings (SSSR count). The number of aliphatic imine (C=N–C) groups is 1. The minimum absolute atomic E-state index is 0. The Labute approximate surface area is 177 Å². The number of rotatable bonds is 4. The summed E-state index contributed by atoms with van der Waals surface area (Å²) < 4.78 is 19.3. The number of nitrogens with zero attached hydrogens (tertiary/aromatic N) is 3. The van der Waals surface area contributed by atoms with Crippen LogP contribution >= 0.6 is 24.0 Å². The molecule has 1 atom stereocenters. The molecule has 0 spiro atoms. The van der Waals surface area contributed by atoms with Crippen LogP contribution in [0.3, 0.4) is 0 Å². The Kier molecular flexibility index (Phi) is 8.75. The van der Waals surface area contributed by atoms with Crippen LogP contribution in [-0.2, 0) is 16.1 Å². The molecule has 2 aliphatic rings. The topological polar surface area (TPSA) is 57.2 Å². The van der Waals surface area contributed by atoms with Gasteiger partial charge in [0, 0.05) is 44.9 Å². The first-order valence-electron chi connectivity index (χ1n) is 9.36. The summed E-state index contributed by atoms with van der Waals surface area (Å²) in [6.07, 6.45) is 1.53. The van der Waals surface area contributed by atoms with Gasteiger partial charge in [-0.2, -0.15) is 0 Å². The maximum absolute atomic E-state index is 13.8. The molecule has 1 aromatic carbocycles. The lowest BCUT2D eigenvalue weighted by atomic mass is 10.2. The molecule has 0 bridgehead atoms. The Balaban J connectivity index is 0.00000261. The van der Waals surface area contributed by atoms with Gasteiger partial charge in [0.15, 0.2) is 5.96 Å². The first kappa shape index (κ1) is 21.9.